The third-order valence-corrected chi connectivity index (χ3v) is 4.42. The zero-order chi connectivity index (χ0) is 15.0. The van der Waals surface area contributed by atoms with E-state index in [0.29, 0.717) is 0 Å². The summed E-state index contributed by atoms with van der Waals surface area (Å²) in [5, 5.41) is 3.75. The van der Waals surface area contributed by atoms with Crippen molar-refractivity contribution in [2.75, 3.05) is 12.4 Å². The SMILES string of the molecule is CNc1ccc2cc(S(=O)(=O)NC(C)(C)C)ccc2n1. The number of aromatic nitrogens is 1. The predicted octanol–water partition coefficient (Wildman–Crippen LogP) is 2.35. The molecule has 0 bridgehead atoms. The van der Waals surface area contributed by atoms with Crippen molar-refractivity contribution in [1.82, 2.24) is 9.71 Å². The summed E-state index contributed by atoms with van der Waals surface area (Å²) in [6.07, 6.45) is 0. The molecule has 5 nitrogen and oxygen atoms in total. The Morgan fingerprint density at radius 2 is 1.80 bits per heavy atom. The van der Waals surface area contributed by atoms with Crippen LogP contribution >= 0.6 is 0 Å². The summed E-state index contributed by atoms with van der Waals surface area (Å²) in [6.45, 7) is 5.44. The van der Waals surface area contributed by atoms with Crippen LogP contribution in [0.15, 0.2) is 35.2 Å². The highest BCUT2D eigenvalue weighted by Gasteiger charge is 2.22. The van der Waals surface area contributed by atoms with Gasteiger partial charge >= 0.3 is 0 Å². The van der Waals surface area contributed by atoms with Crippen LogP contribution in [-0.4, -0.2) is 26.0 Å². The van der Waals surface area contributed by atoms with Gasteiger partial charge in [0, 0.05) is 18.0 Å². The van der Waals surface area contributed by atoms with Gasteiger partial charge in [0.2, 0.25) is 10.0 Å². The molecule has 0 spiro atoms. The van der Waals surface area contributed by atoms with Crippen LogP contribution in [0, 0.1) is 0 Å². The largest absolute Gasteiger partial charge is 0.373 e. The van der Waals surface area contributed by atoms with Crippen LogP contribution in [0.2, 0.25) is 0 Å². The van der Waals surface area contributed by atoms with Gasteiger partial charge in [-0.05, 0) is 51.1 Å². The van der Waals surface area contributed by atoms with Gasteiger partial charge in [-0.15, -0.1) is 0 Å². The Labute approximate surface area is 119 Å². The topological polar surface area (TPSA) is 71.1 Å². The van der Waals surface area contributed by atoms with Crippen molar-refractivity contribution in [2.24, 2.45) is 0 Å². The Bertz CT molecular complexity index is 734. The number of fused-ring (bicyclic) bond motifs is 1. The van der Waals surface area contributed by atoms with Gasteiger partial charge in [0.25, 0.3) is 0 Å². The quantitative estimate of drug-likeness (QED) is 0.911. The van der Waals surface area contributed by atoms with Crippen LogP contribution in [0.3, 0.4) is 0 Å². The Morgan fingerprint density at radius 3 is 2.40 bits per heavy atom. The molecule has 0 amide bonds. The van der Waals surface area contributed by atoms with Gasteiger partial charge in [-0.25, -0.2) is 18.1 Å². The average molecular weight is 293 g/mol. The molecule has 20 heavy (non-hydrogen) atoms. The summed E-state index contributed by atoms with van der Waals surface area (Å²) in [4.78, 5) is 4.61. The molecule has 1 aromatic heterocycles. The van der Waals surface area contributed by atoms with E-state index in [1.54, 1.807) is 25.2 Å². The van der Waals surface area contributed by atoms with Gasteiger partial charge in [-0.2, -0.15) is 0 Å². The van der Waals surface area contributed by atoms with Gasteiger partial charge in [-0.3, -0.25) is 0 Å². The Hall–Kier alpha value is -1.66. The number of benzene rings is 1. The standard InChI is InChI=1S/C14H19N3O2S/c1-14(2,3)17-20(18,19)11-6-7-12-10(9-11)5-8-13(15-4)16-12/h5-9,17H,1-4H3,(H,15,16). The zero-order valence-electron chi connectivity index (χ0n) is 12.1. The number of nitrogens with one attached hydrogen (secondary N) is 2. The van der Waals surface area contributed by atoms with Gasteiger partial charge < -0.3 is 5.32 Å². The molecular formula is C14H19N3O2S. The summed E-state index contributed by atoms with van der Waals surface area (Å²) < 4.78 is 27.2. The molecule has 0 aliphatic carbocycles. The lowest BCUT2D eigenvalue weighted by Gasteiger charge is -2.20. The maximum absolute atomic E-state index is 12.3. The van der Waals surface area contributed by atoms with E-state index in [-0.39, 0.29) is 4.90 Å². The van der Waals surface area contributed by atoms with Crippen LogP contribution in [-0.2, 0) is 10.0 Å². The molecular weight excluding hydrogens is 274 g/mol. The van der Waals surface area contributed by atoms with Gasteiger partial charge in [-0.1, -0.05) is 0 Å². The van der Waals surface area contributed by atoms with Crippen LogP contribution in [0.4, 0.5) is 5.82 Å². The van der Waals surface area contributed by atoms with Gasteiger partial charge in [0.05, 0.1) is 10.4 Å². The first-order chi connectivity index (χ1) is 9.21. The highest BCUT2D eigenvalue weighted by atomic mass is 32.2. The summed E-state index contributed by atoms with van der Waals surface area (Å²) in [5.41, 5.74) is 0.244. The first-order valence-electron chi connectivity index (χ1n) is 6.34. The second-order valence-corrected chi connectivity index (χ2v) is 7.34. The van der Waals surface area contributed by atoms with E-state index in [4.69, 9.17) is 0 Å². The lowest BCUT2D eigenvalue weighted by molar-refractivity contribution is 0.491. The molecule has 6 heteroatoms. The second kappa shape index (κ2) is 5.03. The fourth-order valence-electron chi connectivity index (χ4n) is 1.87. The minimum Gasteiger partial charge on any atom is -0.373 e. The molecule has 0 atom stereocenters. The van der Waals surface area contributed by atoms with Crippen LogP contribution < -0.4 is 10.0 Å². The van der Waals surface area contributed by atoms with E-state index in [1.165, 1.54) is 0 Å². The molecule has 0 unspecified atom stereocenters. The lowest BCUT2D eigenvalue weighted by Crippen LogP contribution is -2.40. The molecule has 108 valence electrons. The monoisotopic (exact) mass is 293 g/mol. The van der Waals surface area contributed by atoms with E-state index in [1.807, 2.05) is 32.9 Å². The molecule has 0 saturated carbocycles. The van der Waals surface area contributed by atoms with Crippen LogP contribution in [0.1, 0.15) is 20.8 Å². The van der Waals surface area contributed by atoms with E-state index in [2.05, 4.69) is 15.0 Å². The molecule has 1 heterocycles. The first-order valence-corrected chi connectivity index (χ1v) is 7.82. The fraction of sp³-hybridized carbons (Fsp3) is 0.357. The van der Waals surface area contributed by atoms with Gasteiger partial charge in [0.15, 0.2) is 0 Å². The zero-order valence-corrected chi connectivity index (χ0v) is 12.9. The number of pyridine rings is 1. The van der Waals surface area contributed by atoms with Crippen molar-refractivity contribution in [3.05, 3.63) is 30.3 Å². The number of rotatable bonds is 3. The van der Waals surface area contributed by atoms with Crippen molar-refractivity contribution in [2.45, 2.75) is 31.2 Å². The highest BCUT2D eigenvalue weighted by molar-refractivity contribution is 7.89. The smallest absolute Gasteiger partial charge is 0.241 e. The third kappa shape index (κ3) is 3.26. The fourth-order valence-corrected chi connectivity index (χ4v) is 3.33. The lowest BCUT2D eigenvalue weighted by atomic mass is 10.1. The summed E-state index contributed by atoms with van der Waals surface area (Å²) in [6, 6.07) is 8.59. The maximum atomic E-state index is 12.3. The first kappa shape index (κ1) is 14.7. The Morgan fingerprint density at radius 1 is 1.10 bits per heavy atom. The molecule has 0 saturated heterocycles. The van der Waals surface area contributed by atoms with Crippen molar-refractivity contribution in [1.29, 1.82) is 0 Å². The van der Waals surface area contributed by atoms with Crippen molar-refractivity contribution < 1.29 is 8.42 Å². The third-order valence-electron chi connectivity index (χ3n) is 2.67. The Balaban J connectivity index is 2.47. The second-order valence-electron chi connectivity index (χ2n) is 5.66. The van der Waals surface area contributed by atoms with E-state index in [0.717, 1.165) is 16.7 Å². The minimum atomic E-state index is -3.52. The van der Waals surface area contributed by atoms with E-state index in [9.17, 15) is 8.42 Å². The summed E-state index contributed by atoms with van der Waals surface area (Å²) in [5.74, 6) is 0.751. The van der Waals surface area contributed by atoms with Gasteiger partial charge in [0.1, 0.15) is 5.82 Å². The molecule has 0 aliphatic rings. The number of nitrogens with zero attached hydrogens (tertiary/aromatic N) is 1. The van der Waals surface area contributed by atoms with Crippen molar-refractivity contribution in [3.8, 4) is 0 Å². The molecule has 2 rings (SSSR count). The molecule has 0 aliphatic heterocycles. The van der Waals surface area contributed by atoms with Crippen LogP contribution in [0.5, 0.6) is 0 Å². The van der Waals surface area contributed by atoms with Crippen molar-refractivity contribution >= 4 is 26.7 Å². The predicted molar refractivity (Wildman–Crippen MR) is 81.4 cm³/mol. The van der Waals surface area contributed by atoms with Crippen molar-refractivity contribution in [3.63, 3.8) is 0 Å². The molecule has 0 radical (unpaired) electrons. The maximum Gasteiger partial charge on any atom is 0.241 e. The summed E-state index contributed by atoms with van der Waals surface area (Å²) in [7, 11) is -1.73. The average Bonchev–Trinajstić information content (AvgIpc) is 2.34. The number of hydrogen-bond acceptors (Lipinski definition) is 4. The Kier molecular flexibility index (Phi) is 3.71. The molecule has 2 N–H and O–H groups in total. The normalized spacial score (nSPS) is 12.6. The molecule has 1 aromatic carbocycles. The number of hydrogen-bond donors (Lipinski definition) is 2. The minimum absolute atomic E-state index is 0.249. The number of anilines is 1. The summed E-state index contributed by atoms with van der Waals surface area (Å²) >= 11 is 0. The molecule has 0 fully saturated rings. The van der Waals surface area contributed by atoms with E-state index < -0.39 is 15.6 Å². The van der Waals surface area contributed by atoms with E-state index >= 15 is 0 Å². The van der Waals surface area contributed by atoms with Crippen LogP contribution in [0.25, 0.3) is 10.9 Å². The number of sulfonamides is 1. The molecule has 2 aromatic rings. The highest BCUT2D eigenvalue weighted by Crippen LogP contribution is 2.20.